The molecule has 0 saturated carbocycles. The first-order valence-corrected chi connectivity index (χ1v) is 6.43. The highest BCUT2D eigenvalue weighted by atomic mass is 32.1. The van der Waals surface area contributed by atoms with Gasteiger partial charge in [0.05, 0.1) is 6.54 Å². The van der Waals surface area contributed by atoms with Crippen LogP contribution in [0, 0.1) is 11.7 Å². The second-order valence-electron chi connectivity index (χ2n) is 3.68. The van der Waals surface area contributed by atoms with Gasteiger partial charge in [-0.05, 0) is 19.1 Å². The zero-order valence-corrected chi connectivity index (χ0v) is 11.2. The Morgan fingerprint density at radius 3 is 3.00 bits per heavy atom. The van der Waals surface area contributed by atoms with Crippen LogP contribution in [0.5, 0.6) is 0 Å². The van der Waals surface area contributed by atoms with Crippen molar-refractivity contribution >= 4 is 28.5 Å². The summed E-state index contributed by atoms with van der Waals surface area (Å²) >= 11 is 6.70. The van der Waals surface area contributed by atoms with Crippen LogP contribution in [0.4, 0.5) is 0 Å². The van der Waals surface area contributed by atoms with E-state index in [0.717, 1.165) is 15.7 Å². The van der Waals surface area contributed by atoms with Crippen LogP contribution in [0.3, 0.4) is 0 Å². The Morgan fingerprint density at radius 2 is 2.39 bits per heavy atom. The molecule has 3 aromatic rings. The lowest BCUT2D eigenvalue weighted by atomic mass is 10.4. The maximum absolute atomic E-state index is 5.28. The maximum atomic E-state index is 5.28. The van der Waals surface area contributed by atoms with Crippen molar-refractivity contribution in [3.05, 3.63) is 29.3 Å². The number of hydrogen-bond acceptors (Lipinski definition) is 6. The van der Waals surface area contributed by atoms with E-state index in [4.69, 9.17) is 16.7 Å². The Labute approximate surface area is 111 Å². The van der Waals surface area contributed by atoms with Crippen molar-refractivity contribution in [2.75, 3.05) is 0 Å². The predicted octanol–water partition coefficient (Wildman–Crippen LogP) is 2.47. The molecule has 3 aromatic heterocycles. The fourth-order valence-corrected chi connectivity index (χ4v) is 2.69. The third-order valence-corrected chi connectivity index (χ3v) is 3.62. The van der Waals surface area contributed by atoms with Crippen LogP contribution in [0.1, 0.15) is 5.76 Å². The molecular formula is C10H9N5OS2. The molecule has 0 aliphatic heterocycles. The minimum absolute atomic E-state index is 0.549. The zero-order chi connectivity index (χ0) is 12.7. The van der Waals surface area contributed by atoms with Crippen LogP contribution in [0.25, 0.3) is 15.7 Å². The van der Waals surface area contributed by atoms with Gasteiger partial charge in [0.15, 0.2) is 5.01 Å². The lowest BCUT2D eigenvalue weighted by Crippen LogP contribution is -1.98. The number of hydrogen-bond donors (Lipinski definition) is 0. The second kappa shape index (κ2) is 4.14. The van der Waals surface area contributed by atoms with Crippen LogP contribution in [-0.4, -0.2) is 24.6 Å². The van der Waals surface area contributed by atoms with Gasteiger partial charge in [0, 0.05) is 6.07 Å². The van der Waals surface area contributed by atoms with Crippen molar-refractivity contribution < 1.29 is 4.52 Å². The fraction of sp³-hybridized carbons (Fsp3) is 0.200. The van der Waals surface area contributed by atoms with Crippen LogP contribution >= 0.6 is 23.6 Å². The number of nitrogens with zero attached hydrogens (tertiary/aromatic N) is 5. The summed E-state index contributed by atoms with van der Waals surface area (Å²) in [5.74, 6) is 0.748. The van der Waals surface area contributed by atoms with E-state index in [9.17, 15) is 0 Å². The Kier molecular flexibility index (Phi) is 2.60. The standard InChI is InChI=1S/C10H9N5OS2/c1-3-4-14-10(17)15-9(12-14)18-8(11-15)7-5-6(2)16-13-7/h3,5H,1,4H2,2H3. The number of allylic oxidation sites excluding steroid dienone is 1. The van der Waals surface area contributed by atoms with Gasteiger partial charge in [0.2, 0.25) is 9.73 Å². The lowest BCUT2D eigenvalue weighted by Gasteiger charge is -1.91. The summed E-state index contributed by atoms with van der Waals surface area (Å²) in [5, 5.41) is 13.4. The Morgan fingerprint density at radius 1 is 1.56 bits per heavy atom. The first-order chi connectivity index (χ1) is 8.69. The van der Waals surface area contributed by atoms with Gasteiger partial charge in [0.25, 0.3) is 0 Å². The van der Waals surface area contributed by atoms with E-state index in [1.807, 2.05) is 13.0 Å². The molecule has 0 aliphatic carbocycles. The van der Waals surface area contributed by atoms with Gasteiger partial charge in [-0.15, -0.1) is 16.8 Å². The molecule has 3 rings (SSSR count). The second-order valence-corrected chi connectivity index (χ2v) is 5.00. The first-order valence-electron chi connectivity index (χ1n) is 5.20. The normalized spacial score (nSPS) is 11.2. The molecule has 0 bridgehead atoms. The van der Waals surface area contributed by atoms with Gasteiger partial charge >= 0.3 is 0 Å². The van der Waals surface area contributed by atoms with Gasteiger partial charge < -0.3 is 4.52 Å². The number of aromatic nitrogens is 5. The van der Waals surface area contributed by atoms with Crippen LogP contribution in [0.15, 0.2) is 23.2 Å². The number of aryl methyl sites for hydroxylation is 1. The van der Waals surface area contributed by atoms with Crippen molar-refractivity contribution in [2.24, 2.45) is 0 Å². The van der Waals surface area contributed by atoms with E-state index in [1.54, 1.807) is 15.3 Å². The minimum atomic E-state index is 0.549. The molecule has 0 spiro atoms. The van der Waals surface area contributed by atoms with Crippen molar-refractivity contribution in [3.63, 3.8) is 0 Å². The van der Waals surface area contributed by atoms with E-state index in [1.165, 1.54) is 11.3 Å². The summed E-state index contributed by atoms with van der Waals surface area (Å²) in [6.07, 6.45) is 1.74. The molecule has 0 saturated heterocycles. The summed E-state index contributed by atoms with van der Waals surface area (Å²) in [6.45, 7) is 6.08. The molecule has 8 heteroatoms. The molecule has 3 heterocycles. The molecule has 0 aliphatic rings. The molecule has 0 atom stereocenters. The molecule has 0 aromatic carbocycles. The summed E-state index contributed by atoms with van der Waals surface area (Å²) in [5.41, 5.74) is 0.702. The molecule has 18 heavy (non-hydrogen) atoms. The van der Waals surface area contributed by atoms with Crippen LogP contribution in [-0.2, 0) is 6.54 Å². The number of rotatable bonds is 3. The van der Waals surface area contributed by atoms with E-state index in [2.05, 4.69) is 21.9 Å². The summed E-state index contributed by atoms with van der Waals surface area (Å²) in [7, 11) is 0. The monoisotopic (exact) mass is 279 g/mol. The SMILES string of the molecule is C=CCn1nc2sc(-c3cc(C)on3)nn2c1=S. The van der Waals surface area contributed by atoms with Gasteiger partial charge in [-0.1, -0.05) is 22.6 Å². The average molecular weight is 279 g/mol. The Bertz CT molecular complexity index is 778. The van der Waals surface area contributed by atoms with Crippen molar-refractivity contribution in [3.8, 4) is 10.7 Å². The van der Waals surface area contributed by atoms with Crippen LogP contribution < -0.4 is 0 Å². The fourth-order valence-electron chi connectivity index (χ4n) is 1.54. The smallest absolute Gasteiger partial charge is 0.233 e. The summed E-state index contributed by atoms with van der Waals surface area (Å²) in [6, 6.07) is 1.83. The van der Waals surface area contributed by atoms with Crippen molar-refractivity contribution in [1.29, 1.82) is 0 Å². The number of fused-ring (bicyclic) bond motifs is 1. The molecule has 0 N–H and O–H groups in total. The third-order valence-electron chi connectivity index (χ3n) is 2.32. The molecular weight excluding hydrogens is 270 g/mol. The van der Waals surface area contributed by atoms with Crippen molar-refractivity contribution in [1.82, 2.24) is 24.6 Å². The van der Waals surface area contributed by atoms with E-state index < -0.39 is 0 Å². The average Bonchev–Trinajstić information content (AvgIpc) is 2.99. The highest BCUT2D eigenvalue weighted by Crippen LogP contribution is 2.24. The highest BCUT2D eigenvalue weighted by molar-refractivity contribution is 7.71. The topological polar surface area (TPSA) is 61.2 Å². The summed E-state index contributed by atoms with van der Waals surface area (Å²) in [4.78, 5) is 0.734. The zero-order valence-electron chi connectivity index (χ0n) is 9.53. The molecule has 0 fully saturated rings. The highest BCUT2D eigenvalue weighted by Gasteiger charge is 2.13. The van der Waals surface area contributed by atoms with Gasteiger partial charge in [0.1, 0.15) is 11.5 Å². The molecule has 0 unspecified atom stereocenters. The molecule has 6 nitrogen and oxygen atoms in total. The van der Waals surface area contributed by atoms with E-state index in [0.29, 0.717) is 17.0 Å². The van der Waals surface area contributed by atoms with E-state index in [-0.39, 0.29) is 0 Å². The van der Waals surface area contributed by atoms with Crippen LogP contribution in [0.2, 0.25) is 0 Å². The van der Waals surface area contributed by atoms with Gasteiger partial charge in [-0.3, -0.25) is 0 Å². The quantitative estimate of drug-likeness (QED) is 0.544. The largest absolute Gasteiger partial charge is 0.361 e. The summed E-state index contributed by atoms with van der Waals surface area (Å²) < 4.78 is 8.88. The minimum Gasteiger partial charge on any atom is -0.361 e. The van der Waals surface area contributed by atoms with Crippen molar-refractivity contribution in [2.45, 2.75) is 13.5 Å². The predicted molar refractivity (Wildman–Crippen MR) is 70.1 cm³/mol. The molecule has 92 valence electrons. The van der Waals surface area contributed by atoms with Gasteiger partial charge in [-0.2, -0.15) is 4.52 Å². The Balaban J connectivity index is 2.13. The molecule has 0 amide bonds. The first kappa shape index (κ1) is 11.3. The van der Waals surface area contributed by atoms with Gasteiger partial charge in [-0.25, -0.2) is 4.68 Å². The third kappa shape index (κ3) is 1.70. The maximum Gasteiger partial charge on any atom is 0.233 e. The van der Waals surface area contributed by atoms with E-state index >= 15 is 0 Å². The Hall–Kier alpha value is -1.80. The molecule has 0 radical (unpaired) electrons. The lowest BCUT2D eigenvalue weighted by molar-refractivity contribution is 0.399.